The van der Waals surface area contributed by atoms with Crippen molar-refractivity contribution in [2.24, 2.45) is 0 Å². The maximum atomic E-state index is 11.2. The third-order valence-electron chi connectivity index (χ3n) is 2.47. The molecular formula is C10H20BrNO2. The summed E-state index contributed by atoms with van der Waals surface area (Å²) in [6.45, 7) is 5.01. The normalized spacial score (nSPS) is 13.4. The van der Waals surface area contributed by atoms with Gasteiger partial charge in [0.15, 0.2) is 0 Å². The molecule has 0 aromatic rings. The third-order valence-corrected chi connectivity index (χ3v) is 3.13. The Morgan fingerprint density at radius 2 is 1.93 bits per heavy atom. The summed E-state index contributed by atoms with van der Waals surface area (Å²) in [4.78, 5) is 13.1. The summed E-state index contributed by atoms with van der Waals surface area (Å²) in [6.07, 6.45) is 2.21. The Hall–Kier alpha value is -0.0900. The fraction of sp³-hybridized carbons (Fsp3) is 0.900. The van der Waals surface area contributed by atoms with E-state index in [4.69, 9.17) is 0 Å². The summed E-state index contributed by atoms with van der Waals surface area (Å²) >= 11 is 3.31. The lowest BCUT2D eigenvalue weighted by atomic mass is 10.1. The van der Waals surface area contributed by atoms with Gasteiger partial charge in [-0.05, 0) is 19.9 Å². The fourth-order valence-electron chi connectivity index (χ4n) is 1.52. The van der Waals surface area contributed by atoms with Crippen LogP contribution in [0.15, 0.2) is 0 Å². The number of carbonyl (C=O) groups excluding carboxylic acids is 1. The second-order valence-electron chi connectivity index (χ2n) is 3.40. The molecule has 0 aliphatic heterocycles. The van der Waals surface area contributed by atoms with Gasteiger partial charge in [0.05, 0.1) is 7.11 Å². The molecule has 0 heterocycles. The number of carbonyl (C=O) groups is 1. The molecule has 1 atom stereocenters. The SMILES string of the molecule is CCC(CC)N(C)CC(Br)C(=O)OC. The van der Waals surface area contributed by atoms with Crippen molar-refractivity contribution in [2.75, 3.05) is 20.7 Å². The van der Waals surface area contributed by atoms with Gasteiger partial charge in [0.25, 0.3) is 0 Å². The molecule has 0 bridgehead atoms. The molecule has 0 rings (SSSR count). The van der Waals surface area contributed by atoms with Crippen LogP contribution >= 0.6 is 15.9 Å². The molecule has 84 valence electrons. The van der Waals surface area contributed by atoms with E-state index in [1.54, 1.807) is 0 Å². The van der Waals surface area contributed by atoms with Gasteiger partial charge < -0.3 is 9.64 Å². The Kier molecular flexibility index (Phi) is 7.19. The highest BCUT2D eigenvalue weighted by Gasteiger charge is 2.20. The number of hydrogen-bond donors (Lipinski definition) is 0. The standard InChI is InChI=1S/C10H20BrNO2/c1-5-8(6-2)12(3)7-9(11)10(13)14-4/h8-9H,5-7H2,1-4H3. The second-order valence-corrected chi connectivity index (χ2v) is 4.51. The molecule has 0 aliphatic rings. The van der Waals surface area contributed by atoms with Gasteiger partial charge in [-0.2, -0.15) is 0 Å². The van der Waals surface area contributed by atoms with Crippen molar-refractivity contribution >= 4 is 21.9 Å². The van der Waals surface area contributed by atoms with Gasteiger partial charge in [0, 0.05) is 12.6 Å². The van der Waals surface area contributed by atoms with Crippen molar-refractivity contribution < 1.29 is 9.53 Å². The monoisotopic (exact) mass is 265 g/mol. The molecule has 4 heteroatoms. The molecule has 14 heavy (non-hydrogen) atoms. The molecule has 0 saturated heterocycles. The summed E-state index contributed by atoms with van der Waals surface area (Å²) in [5.74, 6) is -0.206. The van der Waals surface area contributed by atoms with Crippen LogP contribution in [0, 0.1) is 0 Å². The van der Waals surface area contributed by atoms with E-state index in [1.807, 2.05) is 7.05 Å². The quantitative estimate of drug-likeness (QED) is 0.544. The first kappa shape index (κ1) is 13.9. The van der Waals surface area contributed by atoms with Gasteiger partial charge >= 0.3 is 5.97 Å². The van der Waals surface area contributed by atoms with Crippen LogP contribution < -0.4 is 0 Å². The first-order valence-corrected chi connectivity index (χ1v) is 5.90. The summed E-state index contributed by atoms with van der Waals surface area (Å²) in [7, 11) is 3.45. The number of alkyl halides is 1. The summed E-state index contributed by atoms with van der Waals surface area (Å²) < 4.78 is 4.65. The number of rotatable bonds is 6. The second kappa shape index (κ2) is 7.23. The highest BCUT2D eigenvalue weighted by molar-refractivity contribution is 9.10. The van der Waals surface area contributed by atoms with Gasteiger partial charge in [-0.1, -0.05) is 29.8 Å². The van der Waals surface area contributed by atoms with E-state index in [9.17, 15) is 4.79 Å². The first-order chi connectivity index (χ1) is 6.56. The van der Waals surface area contributed by atoms with E-state index < -0.39 is 0 Å². The van der Waals surface area contributed by atoms with Crippen LogP contribution in [0.4, 0.5) is 0 Å². The van der Waals surface area contributed by atoms with Crippen LogP contribution in [0.1, 0.15) is 26.7 Å². The number of ether oxygens (including phenoxy) is 1. The lowest BCUT2D eigenvalue weighted by Gasteiger charge is -2.27. The van der Waals surface area contributed by atoms with Gasteiger partial charge in [-0.15, -0.1) is 0 Å². The zero-order valence-electron chi connectivity index (χ0n) is 9.42. The Balaban J connectivity index is 4.03. The largest absolute Gasteiger partial charge is 0.468 e. The molecule has 0 saturated carbocycles. The third kappa shape index (κ3) is 4.42. The minimum Gasteiger partial charge on any atom is -0.468 e. The average Bonchev–Trinajstić information content (AvgIpc) is 2.18. The predicted molar refractivity (Wildman–Crippen MR) is 61.7 cm³/mol. The summed E-state index contributed by atoms with van der Waals surface area (Å²) in [6, 6.07) is 0.541. The highest BCUT2D eigenvalue weighted by atomic mass is 79.9. The molecule has 0 aromatic carbocycles. The Bertz CT molecular complexity index is 172. The smallest absolute Gasteiger partial charge is 0.320 e. The minimum absolute atomic E-state index is 0.206. The predicted octanol–water partition coefficient (Wildman–Crippen LogP) is 2.04. The van der Waals surface area contributed by atoms with E-state index >= 15 is 0 Å². The highest BCUT2D eigenvalue weighted by Crippen LogP contribution is 2.10. The Morgan fingerprint density at radius 1 is 1.43 bits per heavy atom. The molecule has 0 radical (unpaired) electrons. The van der Waals surface area contributed by atoms with E-state index in [-0.39, 0.29) is 10.8 Å². The van der Waals surface area contributed by atoms with Crippen molar-refractivity contribution in [3.63, 3.8) is 0 Å². The lowest BCUT2D eigenvalue weighted by Crippen LogP contribution is -2.38. The zero-order valence-corrected chi connectivity index (χ0v) is 11.0. The number of methoxy groups -OCH3 is 1. The van der Waals surface area contributed by atoms with E-state index in [1.165, 1.54) is 7.11 Å². The van der Waals surface area contributed by atoms with Crippen LogP contribution in [0.5, 0.6) is 0 Å². The van der Waals surface area contributed by atoms with Gasteiger partial charge in [0.2, 0.25) is 0 Å². The van der Waals surface area contributed by atoms with E-state index in [2.05, 4.69) is 39.4 Å². The maximum absolute atomic E-state index is 11.2. The molecule has 0 N–H and O–H groups in total. The first-order valence-electron chi connectivity index (χ1n) is 4.98. The van der Waals surface area contributed by atoms with Gasteiger partial charge in [-0.3, -0.25) is 4.79 Å². The zero-order chi connectivity index (χ0) is 11.1. The van der Waals surface area contributed by atoms with Gasteiger partial charge in [-0.25, -0.2) is 0 Å². The number of halogens is 1. The number of esters is 1. The van der Waals surface area contributed by atoms with Crippen LogP contribution in [-0.4, -0.2) is 42.4 Å². The molecule has 0 spiro atoms. The number of nitrogens with zero attached hydrogens (tertiary/aromatic N) is 1. The van der Waals surface area contributed by atoms with Crippen molar-refractivity contribution in [3.8, 4) is 0 Å². The molecule has 1 unspecified atom stereocenters. The van der Waals surface area contributed by atoms with Crippen molar-refractivity contribution in [3.05, 3.63) is 0 Å². The average molecular weight is 266 g/mol. The summed E-state index contributed by atoms with van der Waals surface area (Å²) in [5, 5.41) is 0. The molecule has 0 amide bonds. The van der Waals surface area contributed by atoms with Gasteiger partial charge in [0.1, 0.15) is 4.83 Å². The molecule has 3 nitrogen and oxygen atoms in total. The maximum Gasteiger partial charge on any atom is 0.320 e. The van der Waals surface area contributed by atoms with Crippen molar-refractivity contribution in [2.45, 2.75) is 37.6 Å². The van der Waals surface area contributed by atoms with Crippen LogP contribution in [-0.2, 0) is 9.53 Å². The van der Waals surface area contributed by atoms with E-state index in [0.717, 1.165) is 12.8 Å². The van der Waals surface area contributed by atoms with Crippen molar-refractivity contribution in [1.82, 2.24) is 4.90 Å². The molecule has 0 aromatic heterocycles. The Morgan fingerprint density at radius 3 is 2.29 bits per heavy atom. The van der Waals surface area contributed by atoms with Crippen LogP contribution in [0.3, 0.4) is 0 Å². The van der Waals surface area contributed by atoms with Crippen molar-refractivity contribution in [1.29, 1.82) is 0 Å². The van der Waals surface area contributed by atoms with Crippen LogP contribution in [0.2, 0.25) is 0 Å². The number of hydrogen-bond acceptors (Lipinski definition) is 3. The van der Waals surface area contributed by atoms with Crippen LogP contribution in [0.25, 0.3) is 0 Å². The topological polar surface area (TPSA) is 29.5 Å². The summed E-state index contributed by atoms with van der Waals surface area (Å²) in [5.41, 5.74) is 0. The molecule has 0 fully saturated rings. The molecule has 0 aliphatic carbocycles. The Labute approximate surface area is 94.9 Å². The van der Waals surface area contributed by atoms with E-state index in [0.29, 0.717) is 12.6 Å². The lowest BCUT2D eigenvalue weighted by molar-refractivity contribution is -0.140. The fourth-order valence-corrected chi connectivity index (χ4v) is 2.16. The minimum atomic E-state index is -0.224. The molecular weight excluding hydrogens is 246 g/mol.